The van der Waals surface area contributed by atoms with Crippen LogP contribution in [0.25, 0.3) is 6.08 Å². The summed E-state index contributed by atoms with van der Waals surface area (Å²) < 4.78 is 26.2. The summed E-state index contributed by atoms with van der Waals surface area (Å²) in [5.41, 5.74) is 1.51. The van der Waals surface area contributed by atoms with E-state index < -0.39 is 5.97 Å². The van der Waals surface area contributed by atoms with Gasteiger partial charge in [-0.2, -0.15) is 0 Å². The molecule has 138 valence electrons. The quantitative estimate of drug-likeness (QED) is 0.532. The number of hydrogen-bond donors (Lipinski definition) is 0. The summed E-state index contributed by atoms with van der Waals surface area (Å²) in [5.74, 6) is 1.88. The predicted molar refractivity (Wildman–Crippen MR) is 97.9 cm³/mol. The summed E-state index contributed by atoms with van der Waals surface area (Å²) in [4.78, 5) is 12.0. The lowest BCUT2D eigenvalue weighted by atomic mass is 10.1. The second-order valence-electron chi connectivity index (χ2n) is 5.21. The van der Waals surface area contributed by atoms with Crippen LogP contribution in [-0.4, -0.2) is 34.4 Å². The molecule has 0 unspecified atom stereocenters. The van der Waals surface area contributed by atoms with Gasteiger partial charge in [0.25, 0.3) is 0 Å². The molecule has 0 aliphatic rings. The fourth-order valence-electron chi connectivity index (χ4n) is 2.37. The van der Waals surface area contributed by atoms with Crippen LogP contribution < -0.4 is 18.9 Å². The third-order valence-electron chi connectivity index (χ3n) is 3.66. The Balaban J connectivity index is 2.02. The van der Waals surface area contributed by atoms with Gasteiger partial charge in [-0.1, -0.05) is 18.2 Å². The molecule has 0 bridgehead atoms. The number of carbonyl (C=O) groups excluding carboxylic acids is 1. The molecule has 6 heteroatoms. The second kappa shape index (κ2) is 9.36. The van der Waals surface area contributed by atoms with Gasteiger partial charge in [0.1, 0.15) is 6.61 Å². The van der Waals surface area contributed by atoms with Crippen molar-refractivity contribution in [1.29, 1.82) is 0 Å². The predicted octanol–water partition coefficient (Wildman–Crippen LogP) is 3.48. The lowest BCUT2D eigenvalue weighted by molar-refractivity contribution is -0.138. The highest BCUT2D eigenvalue weighted by atomic mass is 16.5. The summed E-state index contributed by atoms with van der Waals surface area (Å²) in [6.07, 6.45) is 2.97. The second-order valence-corrected chi connectivity index (χ2v) is 5.21. The van der Waals surface area contributed by atoms with Crippen molar-refractivity contribution >= 4 is 12.0 Å². The van der Waals surface area contributed by atoms with E-state index in [0.29, 0.717) is 23.0 Å². The Morgan fingerprint density at radius 2 is 1.62 bits per heavy atom. The van der Waals surface area contributed by atoms with Crippen LogP contribution in [0, 0.1) is 0 Å². The van der Waals surface area contributed by atoms with Gasteiger partial charge >= 0.3 is 5.97 Å². The van der Waals surface area contributed by atoms with E-state index in [1.165, 1.54) is 6.08 Å². The van der Waals surface area contributed by atoms with E-state index in [1.54, 1.807) is 52.7 Å². The van der Waals surface area contributed by atoms with Gasteiger partial charge in [-0.05, 0) is 29.8 Å². The van der Waals surface area contributed by atoms with Gasteiger partial charge in [0.2, 0.25) is 0 Å². The Morgan fingerprint density at radius 3 is 2.27 bits per heavy atom. The summed E-state index contributed by atoms with van der Waals surface area (Å²) >= 11 is 0. The average molecular weight is 358 g/mol. The Bertz CT molecular complexity index is 782. The van der Waals surface area contributed by atoms with Crippen LogP contribution in [0.1, 0.15) is 11.1 Å². The number of para-hydroxylation sites is 1. The van der Waals surface area contributed by atoms with Crippen molar-refractivity contribution < 1.29 is 28.5 Å². The Morgan fingerprint density at radius 1 is 0.885 bits per heavy atom. The van der Waals surface area contributed by atoms with Crippen molar-refractivity contribution in [2.24, 2.45) is 0 Å². The van der Waals surface area contributed by atoms with Gasteiger partial charge in [0, 0.05) is 11.6 Å². The molecule has 6 nitrogen and oxygen atoms in total. The fraction of sp³-hybridized carbons (Fsp3) is 0.250. The molecule has 0 amide bonds. The van der Waals surface area contributed by atoms with Crippen LogP contribution in [0.4, 0.5) is 0 Å². The van der Waals surface area contributed by atoms with E-state index in [2.05, 4.69) is 0 Å². The van der Waals surface area contributed by atoms with E-state index in [0.717, 1.165) is 11.1 Å². The van der Waals surface area contributed by atoms with Gasteiger partial charge in [0.05, 0.1) is 28.4 Å². The molecule has 0 atom stereocenters. The van der Waals surface area contributed by atoms with E-state index >= 15 is 0 Å². The lowest BCUT2D eigenvalue weighted by Crippen LogP contribution is -2.01. The number of ether oxygens (including phenoxy) is 5. The van der Waals surface area contributed by atoms with Crippen LogP contribution in [0.5, 0.6) is 23.0 Å². The Labute approximate surface area is 152 Å². The molecule has 0 aromatic heterocycles. The standard InChI is InChI=1S/C20H22O6/c1-22-16-10-8-14(12-18(16)24-3)13-26-19(21)11-9-15-6-5-7-17(23-2)20(15)25-4/h5-12H,13H2,1-4H3/b11-9+. The van der Waals surface area contributed by atoms with Gasteiger partial charge in [-0.25, -0.2) is 4.79 Å². The molecular formula is C20H22O6. The first-order valence-corrected chi connectivity index (χ1v) is 7.89. The molecule has 2 rings (SSSR count). The topological polar surface area (TPSA) is 63.2 Å². The van der Waals surface area contributed by atoms with Crippen molar-refractivity contribution in [1.82, 2.24) is 0 Å². The minimum atomic E-state index is -0.468. The molecule has 0 aliphatic carbocycles. The first-order chi connectivity index (χ1) is 12.6. The molecule has 0 spiro atoms. The van der Waals surface area contributed by atoms with Gasteiger partial charge in [-0.3, -0.25) is 0 Å². The number of carbonyl (C=O) groups is 1. The Hall–Kier alpha value is -3.15. The number of hydrogen-bond acceptors (Lipinski definition) is 6. The zero-order valence-electron chi connectivity index (χ0n) is 15.3. The van der Waals surface area contributed by atoms with Gasteiger partial charge in [-0.15, -0.1) is 0 Å². The van der Waals surface area contributed by atoms with Crippen LogP contribution in [0.2, 0.25) is 0 Å². The van der Waals surface area contributed by atoms with Crippen LogP contribution in [0.3, 0.4) is 0 Å². The summed E-state index contributed by atoms with van der Waals surface area (Å²) in [6.45, 7) is 0.124. The third kappa shape index (κ3) is 4.69. The zero-order valence-corrected chi connectivity index (χ0v) is 15.3. The van der Waals surface area contributed by atoms with Crippen molar-refractivity contribution in [2.75, 3.05) is 28.4 Å². The molecular weight excluding hydrogens is 336 g/mol. The summed E-state index contributed by atoms with van der Waals surface area (Å²) in [6, 6.07) is 10.8. The molecule has 26 heavy (non-hydrogen) atoms. The Kier molecular flexibility index (Phi) is 6.91. The number of benzene rings is 2. The number of esters is 1. The fourth-order valence-corrected chi connectivity index (χ4v) is 2.37. The SMILES string of the molecule is COc1ccc(COC(=O)/C=C/c2cccc(OC)c2OC)cc1OC. The first-order valence-electron chi connectivity index (χ1n) is 7.89. The average Bonchev–Trinajstić information content (AvgIpc) is 2.69. The molecule has 0 N–H and O–H groups in total. The lowest BCUT2D eigenvalue weighted by Gasteiger charge is -2.10. The normalized spacial score (nSPS) is 10.5. The van der Waals surface area contributed by atoms with E-state index in [9.17, 15) is 4.79 Å². The summed E-state index contributed by atoms with van der Waals surface area (Å²) in [5, 5.41) is 0. The minimum Gasteiger partial charge on any atom is -0.493 e. The smallest absolute Gasteiger partial charge is 0.331 e. The molecule has 0 heterocycles. The maximum Gasteiger partial charge on any atom is 0.331 e. The molecule has 2 aromatic rings. The highest BCUT2D eigenvalue weighted by Gasteiger charge is 2.08. The first kappa shape index (κ1) is 19.2. The van der Waals surface area contributed by atoms with Crippen molar-refractivity contribution in [3.05, 3.63) is 53.6 Å². The zero-order chi connectivity index (χ0) is 18.9. The van der Waals surface area contributed by atoms with Crippen molar-refractivity contribution in [3.63, 3.8) is 0 Å². The molecule has 0 saturated carbocycles. The highest BCUT2D eigenvalue weighted by molar-refractivity contribution is 5.87. The van der Waals surface area contributed by atoms with E-state index in [1.807, 2.05) is 18.2 Å². The molecule has 2 aromatic carbocycles. The third-order valence-corrected chi connectivity index (χ3v) is 3.66. The maximum absolute atomic E-state index is 12.0. The number of rotatable bonds is 8. The largest absolute Gasteiger partial charge is 0.493 e. The van der Waals surface area contributed by atoms with E-state index in [-0.39, 0.29) is 6.61 Å². The monoisotopic (exact) mass is 358 g/mol. The van der Waals surface area contributed by atoms with Crippen LogP contribution in [0.15, 0.2) is 42.5 Å². The van der Waals surface area contributed by atoms with Crippen LogP contribution in [-0.2, 0) is 16.1 Å². The van der Waals surface area contributed by atoms with E-state index in [4.69, 9.17) is 23.7 Å². The van der Waals surface area contributed by atoms with Gasteiger partial charge in [0.15, 0.2) is 23.0 Å². The van der Waals surface area contributed by atoms with Crippen LogP contribution >= 0.6 is 0 Å². The maximum atomic E-state index is 12.0. The van der Waals surface area contributed by atoms with Gasteiger partial charge < -0.3 is 23.7 Å². The highest BCUT2D eigenvalue weighted by Crippen LogP contribution is 2.31. The molecule has 0 aliphatic heterocycles. The molecule has 0 radical (unpaired) electrons. The molecule has 0 saturated heterocycles. The van der Waals surface area contributed by atoms with Crippen molar-refractivity contribution in [2.45, 2.75) is 6.61 Å². The summed E-state index contributed by atoms with van der Waals surface area (Å²) in [7, 11) is 6.22. The van der Waals surface area contributed by atoms with Crippen molar-refractivity contribution in [3.8, 4) is 23.0 Å². The number of methoxy groups -OCH3 is 4. The molecule has 0 fully saturated rings. The minimum absolute atomic E-state index is 0.124.